The van der Waals surface area contributed by atoms with Crippen molar-refractivity contribution in [2.24, 2.45) is 0 Å². The van der Waals surface area contributed by atoms with E-state index in [2.05, 4.69) is 0 Å². The normalized spacial score (nSPS) is 10.8. The monoisotopic (exact) mass is 354 g/mol. The number of benzene rings is 2. The molecule has 0 fully saturated rings. The van der Waals surface area contributed by atoms with Crippen molar-refractivity contribution in [3.05, 3.63) is 64.6 Å². The van der Waals surface area contributed by atoms with Gasteiger partial charge in [0.2, 0.25) is 5.91 Å². The summed E-state index contributed by atoms with van der Waals surface area (Å²) in [6, 6.07) is 14.9. The Kier molecular flexibility index (Phi) is 5.41. The summed E-state index contributed by atoms with van der Waals surface area (Å²) >= 11 is 0. The number of amides is 1. The summed E-state index contributed by atoms with van der Waals surface area (Å²) in [6.07, 6.45) is 0.233. The fourth-order valence-electron chi connectivity index (χ4n) is 2.84. The summed E-state index contributed by atoms with van der Waals surface area (Å²) in [5.74, 6) is 0.348. The zero-order valence-electron chi connectivity index (χ0n) is 15.0. The Bertz CT molecular complexity index is 940. The van der Waals surface area contributed by atoms with Crippen molar-refractivity contribution in [3.8, 4) is 5.75 Å². The third kappa shape index (κ3) is 3.96. The van der Waals surface area contributed by atoms with Gasteiger partial charge in [-0.3, -0.25) is 9.36 Å². The highest BCUT2D eigenvalue weighted by Gasteiger charge is 2.13. The van der Waals surface area contributed by atoms with E-state index in [1.807, 2.05) is 49.4 Å². The summed E-state index contributed by atoms with van der Waals surface area (Å²) in [7, 11) is 1.76. The molecule has 0 aliphatic heterocycles. The highest BCUT2D eigenvalue weighted by Crippen LogP contribution is 2.15. The topological polar surface area (TPSA) is 64.7 Å². The second-order valence-corrected chi connectivity index (χ2v) is 6.06. The lowest BCUT2D eigenvalue weighted by molar-refractivity contribution is -0.130. The predicted octanol–water partition coefficient (Wildman–Crippen LogP) is 3.04. The molecule has 6 heteroatoms. The molecule has 0 N–H and O–H groups in total. The number of aromatic nitrogens is 1. The van der Waals surface area contributed by atoms with Crippen LogP contribution >= 0.6 is 0 Å². The molecule has 0 aliphatic carbocycles. The summed E-state index contributed by atoms with van der Waals surface area (Å²) in [4.78, 5) is 26.0. The maximum Gasteiger partial charge on any atom is 0.419 e. The number of carbonyl (C=O) groups is 1. The second-order valence-electron chi connectivity index (χ2n) is 6.06. The van der Waals surface area contributed by atoms with Crippen molar-refractivity contribution in [1.82, 2.24) is 9.47 Å². The van der Waals surface area contributed by atoms with Crippen LogP contribution in [-0.2, 0) is 17.9 Å². The van der Waals surface area contributed by atoms with Crippen LogP contribution in [0.1, 0.15) is 18.9 Å². The second kappa shape index (κ2) is 7.91. The molecule has 26 heavy (non-hydrogen) atoms. The SMILES string of the molecule is CCOc1ccc(CN(C)C(=O)CCn2c(=O)oc3ccccc32)cc1. The maximum absolute atomic E-state index is 12.4. The van der Waals surface area contributed by atoms with Gasteiger partial charge in [0, 0.05) is 26.6 Å². The fraction of sp³-hybridized carbons (Fsp3) is 0.300. The van der Waals surface area contributed by atoms with Gasteiger partial charge in [-0.15, -0.1) is 0 Å². The minimum absolute atomic E-state index is 0.0314. The van der Waals surface area contributed by atoms with E-state index in [1.54, 1.807) is 18.0 Å². The Morgan fingerprint density at radius 1 is 1.15 bits per heavy atom. The van der Waals surface area contributed by atoms with Gasteiger partial charge in [0.1, 0.15) is 5.75 Å². The van der Waals surface area contributed by atoms with Gasteiger partial charge in [0.15, 0.2) is 5.58 Å². The van der Waals surface area contributed by atoms with Gasteiger partial charge >= 0.3 is 5.76 Å². The minimum Gasteiger partial charge on any atom is -0.494 e. The number of fused-ring (bicyclic) bond motifs is 1. The Labute approximate surface area is 151 Å². The van der Waals surface area contributed by atoms with Gasteiger partial charge in [-0.1, -0.05) is 24.3 Å². The molecule has 0 bridgehead atoms. The quantitative estimate of drug-likeness (QED) is 0.654. The molecule has 0 aliphatic rings. The van der Waals surface area contributed by atoms with Gasteiger partial charge in [0.25, 0.3) is 0 Å². The molecule has 6 nitrogen and oxygen atoms in total. The third-order valence-electron chi connectivity index (χ3n) is 4.20. The number of hydrogen-bond acceptors (Lipinski definition) is 4. The lowest BCUT2D eigenvalue weighted by atomic mass is 10.2. The van der Waals surface area contributed by atoms with E-state index in [0.717, 1.165) is 11.3 Å². The van der Waals surface area contributed by atoms with Crippen LogP contribution in [0.3, 0.4) is 0 Å². The molecular weight excluding hydrogens is 332 g/mol. The Morgan fingerprint density at radius 3 is 2.62 bits per heavy atom. The standard InChI is InChI=1S/C20H22N2O4/c1-3-25-16-10-8-15(9-11-16)14-21(2)19(23)12-13-22-17-6-4-5-7-18(17)26-20(22)24/h4-11H,3,12-14H2,1-2H3. The number of hydrogen-bond donors (Lipinski definition) is 0. The Hall–Kier alpha value is -3.02. The summed E-state index contributed by atoms with van der Waals surface area (Å²) in [5, 5.41) is 0. The number of carbonyl (C=O) groups excluding carboxylic acids is 1. The fourth-order valence-corrected chi connectivity index (χ4v) is 2.84. The number of aryl methyl sites for hydroxylation is 1. The van der Waals surface area contributed by atoms with Gasteiger partial charge < -0.3 is 14.1 Å². The number of ether oxygens (including phenoxy) is 1. The van der Waals surface area contributed by atoms with Crippen LogP contribution < -0.4 is 10.5 Å². The van der Waals surface area contributed by atoms with Gasteiger partial charge in [0.05, 0.1) is 12.1 Å². The average Bonchev–Trinajstić information content (AvgIpc) is 2.96. The van der Waals surface area contributed by atoms with E-state index >= 15 is 0 Å². The van der Waals surface area contributed by atoms with Gasteiger partial charge in [-0.2, -0.15) is 0 Å². The van der Waals surface area contributed by atoms with E-state index in [4.69, 9.17) is 9.15 Å². The molecule has 1 amide bonds. The van der Waals surface area contributed by atoms with E-state index in [-0.39, 0.29) is 12.3 Å². The number of para-hydroxylation sites is 2. The summed E-state index contributed by atoms with van der Waals surface area (Å²) in [6.45, 7) is 3.36. The molecule has 3 aromatic rings. The molecule has 3 rings (SSSR count). The maximum atomic E-state index is 12.4. The van der Waals surface area contributed by atoms with Crippen LogP contribution in [0.2, 0.25) is 0 Å². The zero-order valence-corrected chi connectivity index (χ0v) is 15.0. The molecule has 136 valence electrons. The Balaban J connectivity index is 1.60. The highest BCUT2D eigenvalue weighted by atomic mass is 16.5. The number of rotatable bonds is 7. The molecule has 1 aromatic heterocycles. The molecule has 0 saturated heterocycles. The molecular formula is C20H22N2O4. The van der Waals surface area contributed by atoms with Crippen LogP contribution in [0.25, 0.3) is 11.1 Å². The van der Waals surface area contributed by atoms with Crippen molar-refractivity contribution < 1.29 is 13.9 Å². The third-order valence-corrected chi connectivity index (χ3v) is 4.20. The molecule has 0 atom stereocenters. The first-order valence-electron chi connectivity index (χ1n) is 8.62. The molecule has 2 aromatic carbocycles. The molecule has 0 spiro atoms. The van der Waals surface area contributed by atoms with Crippen molar-refractivity contribution in [2.45, 2.75) is 26.4 Å². The number of oxazole rings is 1. The molecule has 0 saturated carbocycles. The van der Waals surface area contributed by atoms with Crippen LogP contribution in [0, 0.1) is 0 Å². The Morgan fingerprint density at radius 2 is 1.88 bits per heavy atom. The first-order chi connectivity index (χ1) is 12.6. The van der Waals surface area contributed by atoms with Crippen molar-refractivity contribution in [1.29, 1.82) is 0 Å². The average molecular weight is 354 g/mol. The molecule has 0 radical (unpaired) electrons. The van der Waals surface area contributed by atoms with Crippen molar-refractivity contribution in [2.75, 3.05) is 13.7 Å². The predicted molar refractivity (Wildman–Crippen MR) is 99.2 cm³/mol. The van der Waals surface area contributed by atoms with Crippen LogP contribution in [-0.4, -0.2) is 29.0 Å². The van der Waals surface area contributed by atoms with E-state index in [0.29, 0.717) is 30.8 Å². The largest absolute Gasteiger partial charge is 0.494 e. The van der Waals surface area contributed by atoms with Gasteiger partial charge in [-0.25, -0.2) is 4.79 Å². The molecule has 0 unspecified atom stereocenters. The van der Waals surface area contributed by atoms with Crippen LogP contribution in [0.4, 0.5) is 0 Å². The van der Waals surface area contributed by atoms with E-state index in [9.17, 15) is 9.59 Å². The first kappa shape index (κ1) is 17.8. The summed E-state index contributed by atoms with van der Waals surface area (Å²) < 4.78 is 12.1. The van der Waals surface area contributed by atoms with Crippen molar-refractivity contribution >= 4 is 17.0 Å². The highest BCUT2D eigenvalue weighted by molar-refractivity contribution is 5.76. The lowest BCUT2D eigenvalue weighted by Crippen LogP contribution is -2.28. The van der Waals surface area contributed by atoms with Crippen molar-refractivity contribution in [3.63, 3.8) is 0 Å². The summed E-state index contributed by atoms with van der Waals surface area (Å²) in [5.41, 5.74) is 2.27. The molecule has 1 heterocycles. The minimum atomic E-state index is -0.437. The number of nitrogens with zero attached hydrogens (tertiary/aromatic N) is 2. The lowest BCUT2D eigenvalue weighted by Gasteiger charge is -2.17. The van der Waals surface area contributed by atoms with Gasteiger partial charge in [-0.05, 0) is 36.8 Å². The van der Waals surface area contributed by atoms with E-state index in [1.165, 1.54) is 4.57 Å². The first-order valence-corrected chi connectivity index (χ1v) is 8.62. The zero-order chi connectivity index (χ0) is 18.5. The van der Waals surface area contributed by atoms with Crippen LogP contribution in [0.15, 0.2) is 57.7 Å². The van der Waals surface area contributed by atoms with Crippen LogP contribution in [0.5, 0.6) is 5.75 Å². The van der Waals surface area contributed by atoms with E-state index < -0.39 is 5.76 Å². The smallest absolute Gasteiger partial charge is 0.419 e.